The average molecular weight is 275 g/mol. The third-order valence-corrected chi connectivity index (χ3v) is 3.12. The fraction of sp³-hybridized carbons (Fsp3) is 0.286. The van der Waals surface area contributed by atoms with Crippen LogP contribution >= 0.6 is 11.6 Å². The number of benzene rings is 1. The number of aryl methyl sites for hydroxylation is 1. The molecule has 1 aromatic carbocycles. The Morgan fingerprint density at radius 1 is 1.42 bits per heavy atom. The second kappa shape index (κ2) is 6.26. The van der Waals surface area contributed by atoms with Crippen molar-refractivity contribution in [3.8, 4) is 6.07 Å². The Labute approximate surface area is 117 Å². The van der Waals surface area contributed by atoms with Crippen LogP contribution in [0.15, 0.2) is 30.5 Å². The summed E-state index contributed by atoms with van der Waals surface area (Å²) in [4.78, 5) is 0. The molecule has 0 saturated carbocycles. The van der Waals surface area contributed by atoms with E-state index in [1.807, 2.05) is 22.9 Å². The van der Waals surface area contributed by atoms with E-state index in [2.05, 4.69) is 17.3 Å². The Morgan fingerprint density at radius 3 is 2.95 bits per heavy atom. The number of halogens is 1. The molecular weight excluding hydrogens is 260 g/mol. The Bertz CT molecular complexity index is 598. The highest BCUT2D eigenvalue weighted by atomic mass is 35.5. The summed E-state index contributed by atoms with van der Waals surface area (Å²) in [7, 11) is 0. The van der Waals surface area contributed by atoms with Gasteiger partial charge in [-0.2, -0.15) is 10.4 Å². The maximum Gasteiger partial charge on any atom is 0.101 e. The second-order valence-corrected chi connectivity index (χ2v) is 4.61. The molecular formula is C14H15ClN4. The lowest BCUT2D eigenvalue weighted by Crippen LogP contribution is -2.08. The van der Waals surface area contributed by atoms with Gasteiger partial charge >= 0.3 is 0 Å². The molecule has 0 saturated heterocycles. The van der Waals surface area contributed by atoms with Crippen molar-refractivity contribution >= 4 is 17.3 Å². The van der Waals surface area contributed by atoms with Crippen LogP contribution < -0.4 is 5.32 Å². The lowest BCUT2D eigenvalue weighted by molar-refractivity contribution is 0.578. The summed E-state index contributed by atoms with van der Waals surface area (Å²) in [6, 6.07) is 9.37. The molecule has 0 aliphatic carbocycles. The summed E-state index contributed by atoms with van der Waals surface area (Å²) in [6.45, 7) is 3.72. The zero-order valence-corrected chi connectivity index (χ0v) is 11.5. The monoisotopic (exact) mass is 274 g/mol. The van der Waals surface area contributed by atoms with Gasteiger partial charge in [0.05, 0.1) is 22.8 Å². The normalized spacial score (nSPS) is 10.2. The van der Waals surface area contributed by atoms with Gasteiger partial charge in [-0.05, 0) is 30.7 Å². The molecule has 0 fully saturated rings. The van der Waals surface area contributed by atoms with Crippen LogP contribution in [0.2, 0.25) is 5.02 Å². The summed E-state index contributed by atoms with van der Waals surface area (Å²) in [5.74, 6) is 0. The van der Waals surface area contributed by atoms with E-state index in [9.17, 15) is 0 Å². The molecule has 0 radical (unpaired) electrons. The number of hydrogen-bond donors (Lipinski definition) is 1. The van der Waals surface area contributed by atoms with E-state index in [1.165, 1.54) is 0 Å². The fourth-order valence-corrected chi connectivity index (χ4v) is 2.05. The topological polar surface area (TPSA) is 53.6 Å². The number of nitrogens with zero attached hydrogens (tertiary/aromatic N) is 3. The first-order chi connectivity index (χ1) is 9.24. The molecule has 0 aliphatic rings. The molecule has 0 unspecified atom stereocenters. The van der Waals surface area contributed by atoms with Gasteiger partial charge in [0.2, 0.25) is 0 Å². The van der Waals surface area contributed by atoms with E-state index in [4.69, 9.17) is 16.9 Å². The first kappa shape index (κ1) is 13.4. The van der Waals surface area contributed by atoms with Gasteiger partial charge in [0, 0.05) is 18.4 Å². The minimum absolute atomic E-state index is 0.467. The van der Waals surface area contributed by atoms with Crippen molar-refractivity contribution in [1.29, 1.82) is 5.26 Å². The fourth-order valence-electron chi connectivity index (χ4n) is 1.83. The van der Waals surface area contributed by atoms with Crippen LogP contribution in [0.4, 0.5) is 5.69 Å². The van der Waals surface area contributed by atoms with E-state index in [0.717, 1.165) is 24.3 Å². The Balaban J connectivity index is 2.04. The minimum Gasteiger partial charge on any atom is -0.379 e. The molecule has 1 N–H and O–H groups in total. The maximum atomic E-state index is 8.82. The van der Waals surface area contributed by atoms with Gasteiger partial charge in [-0.1, -0.05) is 18.5 Å². The van der Waals surface area contributed by atoms with Crippen molar-refractivity contribution in [2.24, 2.45) is 0 Å². The molecule has 5 heteroatoms. The van der Waals surface area contributed by atoms with E-state index >= 15 is 0 Å². The molecule has 0 atom stereocenters. The standard InChI is InChI=1S/C14H15ClN4/c1-2-7-19-13(5-6-18-19)10-17-12-4-3-11(9-16)14(15)8-12/h3-6,8,17H,2,7,10H2,1H3. The number of aromatic nitrogens is 2. The Morgan fingerprint density at radius 2 is 2.26 bits per heavy atom. The highest BCUT2D eigenvalue weighted by Crippen LogP contribution is 2.20. The van der Waals surface area contributed by atoms with Crippen LogP contribution in [0.25, 0.3) is 0 Å². The summed E-state index contributed by atoms with van der Waals surface area (Å²) in [6.07, 6.45) is 2.86. The van der Waals surface area contributed by atoms with Gasteiger partial charge in [-0.15, -0.1) is 0 Å². The average Bonchev–Trinajstić information content (AvgIpc) is 2.84. The number of nitriles is 1. The van der Waals surface area contributed by atoms with Crippen molar-refractivity contribution in [3.63, 3.8) is 0 Å². The molecule has 0 aliphatic heterocycles. The Kier molecular flexibility index (Phi) is 4.43. The van der Waals surface area contributed by atoms with Gasteiger partial charge in [0.15, 0.2) is 0 Å². The first-order valence-corrected chi connectivity index (χ1v) is 6.56. The van der Waals surface area contributed by atoms with Crippen LogP contribution in [0, 0.1) is 11.3 Å². The quantitative estimate of drug-likeness (QED) is 0.909. The van der Waals surface area contributed by atoms with Crippen molar-refractivity contribution < 1.29 is 0 Å². The van der Waals surface area contributed by atoms with Crippen molar-refractivity contribution in [2.45, 2.75) is 26.4 Å². The lowest BCUT2D eigenvalue weighted by Gasteiger charge is -2.09. The predicted molar refractivity (Wildman–Crippen MR) is 76.0 cm³/mol. The maximum absolute atomic E-state index is 8.82. The summed E-state index contributed by atoms with van der Waals surface area (Å²) >= 11 is 5.99. The van der Waals surface area contributed by atoms with Gasteiger partial charge in [0.1, 0.15) is 6.07 Å². The molecule has 2 aromatic rings. The molecule has 1 heterocycles. The third kappa shape index (κ3) is 3.27. The van der Waals surface area contributed by atoms with E-state index in [0.29, 0.717) is 17.1 Å². The molecule has 0 spiro atoms. The minimum atomic E-state index is 0.467. The zero-order chi connectivity index (χ0) is 13.7. The van der Waals surface area contributed by atoms with Crippen LogP contribution in [0.3, 0.4) is 0 Å². The summed E-state index contributed by atoms with van der Waals surface area (Å²) in [5, 5.41) is 16.8. The van der Waals surface area contributed by atoms with Gasteiger partial charge in [-0.3, -0.25) is 4.68 Å². The molecule has 4 nitrogen and oxygen atoms in total. The van der Waals surface area contributed by atoms with Gasteiger partial charge in [-0.25, -0.2) is 0 Å². The van der Waals surface area contributed by atoms with E-state index in [-0.39, 0.29) is 0 Å². The van der Waals surface area contributed by atoms with Gasteiger partial charge in [0.25, 0.3) is 0 Å². The second-order valence-electron chi connectivity index (χ2n) is 4.21. The summed E-state index contributed by atoms with van der Waals surface area (Å²) < 4.78 is 1.98. The number of anilines is 1. The highest BCUT2D eigenvalue weighted by Gasteiger charge is 2.03. The van der Waals surface area contributed by atoms with Crippen LogP contribution in [-0.4, -0.2) is 9.78 Å². The first-order valence-electron chi connectivity index (χ1n) is 6.18. The molecule has 98 valence electrons. The predicted octanol–water partition coefficient (Wildman–Crippen LogP) is 3.43. The summed E-state index contributed by atoms with van der Waals surface area (Å²) in [5.41, 5.74) is 2.51. The third-order valence-electron chi connectivity index (χ3n) is 2.80. The molecule has 0 bridgehead atoms. The van der Waals surface area contributed by atoms with Crippen LogP contribution in [0.1, 0.15) is 24.6 Å². The van der Waals surface area contributed by atoms with E-state index < -0.39 is 0 Å². The van der Waals surface area contributed by atoms with Crippen molar-refractivity contribution in [1.82, 2.24) is 9.78 Å². The lowest BCUT2D eigenvalue weighted by atomic mass is 10.2. The Hall–Kier alpha value is -1.99. The van der Waals surface area contributed by atoms with E-state index in [1.54, 1.807) is 18.3 Å². The molecule has 1 aromatic heterocycles. The smallest absolute Gasteiger partial charge is 0.101 e. The van der Waals surface area contributed by atoms with Crippen LogP contribution in [0.5, 0.6) is 0 Å². The van der Waals surface area contributed by atoms with Gasteiger partial charge < -0.3 is 5.32 Å². The SMILES string of the molecule is CCCn1nccc1CNc1ccc(C#N)c(Cl)c1. The zero-order valence-electron chi connectivity index (χ0n) is 10.7. The number of hydrogen-bond acceptors (Lipinski definition) is 3. The molecule has 19 heavy (non-hydrogen) atoms. The highest BCUT2D eigenvalue weighted by molar-refractivity contribution is 6.32. The largest absolute Gasteiger partial charge is 0.379 e. The molecule has 2 rings (SSSR count). The number of nitrogens with one attached hydrogen (secondary N) is 1. The number of rotatable bonds is 5. The molecule has 0 amide bonds. The van der Waals surface area contributed by atoms with Crippen molar-refractivity contribution in [3.05, 3.63) is 46.7 Å². The van der Waals surface area contributed by atoms with Crippen LogP contribution in [-0.2, 0) is 13.1 Å². The van der Waals surface area contributed by atoms with Crippen molar-refractivity contribution in [2.75, 3.05) is 5.32 Å².